The van der Waals surface area contributed by atoms with Gasteiger partial charge in [-0.15, -0.1) is 0 Å². The van der Waals surface area contributed by atoms with Crippen molar-refractivity contribution in [2.24, 2.45) is 0 Å². The monoisotopic (exact) mass is 425 g/mol. The van der Waals surface area contributed by atoms with Crippen molar-refractivity contribution in [1.82, 2.24) is 9.62 Å². The Kier molecular flexibility index (Phi) is 6.53. The fourth-order valence-corrected chi connectivity index (χ4v) is 4.61. The van der Waals surface area contributed by atoms with Crippen molar-refractivity contribution < 1.29 is 17.6 Å². The van der Waals surface area contributed by atoms with E-state index >= 15 is 0 Å². The lowest BCUT2D eigenvalue weighted by molar-refractivity contribution is -0.131. The fraction of sp³-hybridized carbons (Fsp3) is 0.316. The van der Waals surface area contributed by atoms with Gasteiger partial charge >= 0.3 is 0 Å². The van der Waals surface area contributed by atoms with Crippen LogP contribution >= 0.6 is 11.6 Å². The van der Waals surface area contributed by atoms with Crippen molar-refractivity contribution in [2.75, 3.05) is 37.6 Å². The van der Waals surface area contributed by atoms with Gasteiger partial charge in [0.25, 0.3) is 0 Å². The zero-order valence-corrected chi connectivity index (χ0v) is 16.7. The number of benzene rings is 2. The average molecular weight is 426 g/mol. The van der Waals surface area contributed by atoms with Crippen LogP contribution in [0.5, 0.6) is 0 Å². The first kappa shape index (κ1) is 20.6. The molecule has 150 valence electrons. The second-order valence-electron chi connectivity index (χ2n) is 6.42. The molecule has 0 spiro atoms. The number of halogens is 2. The lowest BCUT2D eigenvalue weighted by Crippen LogP contribution is -2.49. The summed E-state index contributed by atoms with van der Waals surface area (Å²) in [6, 6.07) is 12.4. The number of nitrogens with zero attached hydrogens (tertiary/aromatic N) is 2. The first-order valence-electron chi connectivity index (χ1n) is 8.89. The summed E-state index contributed by atoms with van der Waals surface area (Å²) in [5, 5.41) is 0.137. The van der Waals surface area contributed by atoms with Crippen LogP contribution in [0.1, 0.15) is 6.42 Å². The molecule has 2 aromatic carbocycles. The van der Waals surface area contributed by atoms with Gasteiger partial charge in [0.2, 0.25) is 15.9 Å². The normalized spacial score (nSPS) is 14.9. The van der Waals surface area contributed by atoms with Gasteiger partial charge in [-0.1, -0.05) is 23.7 Å². The Hall–Kier alpha value is -2.16. The maximum atomic E-state index is 13.0. The summed E-state index contributed by atoms with van der Waals surface area (Å²) >= 11 is 5.93. The number of piperazine rings is 1. The van der Waals surface area contributed by atoms with Crippen LogP contribution in [0.25, 0.3) is 0 Å². The summed E-state index contributed by atoms with van der Waals surface area (Å²) in [4.78, 5) is 16.2. The van der Waals surface area contributed by atoms with Gasteiger partial charge in [0.1, 0.15) is 10.7 Å². The predicted octanol–water partition coefficient (Wildman–Crippen LogP) is 2.50. The number of anilines is 1. The second-order valence-corrected chi connectivity index (χ2v) is 8.57. The van der Waals surface area contributed by atoms with E-state index in [1.807, 2.05) is 0 Å². The molecule has 0 aliphatic carbocycles. The SMILES string of the molecule is O=C(CCNS(=O)(=O)c1ccccc1Cl)N1CCN(c2ccc(F)cc2)CC1. The van der Waals surface area contributed by atoms with E-state index in [1.165, 1.54) is 24.3 Å². The number of sulfonamides is 1. The molecular weight excluding hydrogens is 405 g/mol. The third-order valence-corrected chi connectivity index (χ3v) is 6.54. The fourth-order valence-electron chi connectivity index (χ4n) is 3.06. The van der Waals surface area contributed by atoms with Crippen molar-refractivity contribution in [1.29, 1.82) is 0 Å². The van der Waals surface area contributed by atoms with Crippen molar-refractivity contribution in [3.05, 3.63) is 59.4 Å². The standard InChI is InChI=1S/C19H21ClFN3O3S/c20-17-3-1-2-4-18(17)28(26,27)22-10-9-19(25)24-13-11-23(12-14-24)16-7-5-15(21)6-8-16/h1-8,22H,9-14H2. The molecule has 0 bridgehead atoms. The highest BCUT2D eigenvalue weighted by Crippen LogP contribution is 2.20. The third-order valence-electron chi connectivity index (χ3n) is 4.58. The molecule has 0 aromatic heterocycles. The van der Waals surface area contributed by atoms with Crippen molar-refractivity contribution in [3.8, 4) is 0 Å². The molecule has 0 atom stereocenters. The summed E-state index contributed by atoms with van der Waals surface area (Å²) in [6.07, 6.45) is 0.0697. The molecule has 28 heavy (non-hydrogen) atoms. The minimum absolute atomic E-state index is 0.00275. The van der Waals surface area contributed by atoms with E-state index in [0.29, 0.717) is 26.2 Å². The molecule has 9 heteroatoms. The van der Waals surface area contributed by atoms with E-state index in [9.17, 15) is 17.6 Å². The average Bonchev–Trinajstić information content (AvgIpc) is 2.69. The van der Waals surface area contributed by atoms with Crippen LogP contribution in [0.4, 0.5) is 10.1 Å². The molecule has 0 radical (unpaired) electrons. The molecule has 1 amide bonds. The zero-order chi connectivity index (χ0) is 20.1. The highest BCUT2D eigenvalue weighted by atomic mass is 35.5. The molecule has 0 unspecified atom stereocenters. The largest absolute Gasteiger partial charge is 0.368 e. The molecule has 6 nitrogen and oxygen atoms in total. The Bertz CT molecular complexity index is 930. The van der Waals surface area contributed by atoms with Gasteiger partial charge in [-0.05, 0) is 36.4 Å². The maximum Gasteiger partial charge on any atom is 0.242 e. The summed E-state index contributed by atoms with van der Waals surface area (Å²) in [6.45, 7) is 2.36. The number of rotatable bonds is 6. The lowest BCUT2D eigenvalue weighted by Gasteiger charge is -2.36. The van der Waals surface area contributed by atoms with Gasteiger partial charge < -0.3 is 9.80 Å². The third kappa shape index (κ3) is 5.01. The van der Waals surface area contributed by atoms with E-state index in [1.54, 1.807) is 29.2 Å². The number of nitrogens with one attached hydrogen (secondary N) is 1. The molecule has 0 saturated carbocycles. The quantitative estimate of drug-likeness (QED) is 0.772. The van der Waals surface area contributed by atoms with Crippen molar-refractivity contribution >= 4 is 33.2 Å². The molecule has 1 saturated heterocycles. The highest BCUT2D eigenvalue weighted by Gasteiger charge is 2.22. The van der Waals surface area contributed by atoms with Gasteiger partial charge in [-0.2, -0.15) is 0 Å². The van der Waals surface area contributed by atoms with Crippen LogP contribution in [0.2, 0.25) is 5.02 Å². The maximum absolute atomic E-state index is 13.0. The summed E-state index contributed by atoms with van der Waals surface area (Å²) in [5.41, 5.74) is 0.918. The highest BCUT2D eigenvalue weighted by molar-refractivity contribution is 7.89. The minimum atomic E-state index is -3.76. The van der Waals surface area contributed by atoms with Crippen molar-refractivity contribution in [2.45, 2.75) is 11.3 Å². The predicted molar refractivity (Wildman–Crippen MR) is 106 cm³/mol. The van der Waals surface area contributed by atoms with Crippen LogP contribution in [-0.4, -0.2) is 51.9 Å². The number of amides is 1. The second kappa shape index (κ2) is 8.89. The van der Waals surface area contributed by atoms with E-state index in [0.717, 1.165) is 5.69 Å². The van der Waals surface area contributed by atoms with Crippen LogP contribution in [0.3, 0.4) is 0 Å². The van der Waals surface area contributed by atoms with Gasteiger partial charge in [-0.25, -0.2) is 17.5 Å². The molecule has 2 aromatic rings. The van der Waals surface area contributed by atoms with Crippen LogP contribution in [-0.2, 0) is 14.8 Å². The summed E-state index contributed by atoms with van der Waals surface area (Å²) in [5.74, 6) is -0.391. The van der Waals surface area contributed by atoms with Gasteiger partial charge in [0.05, 0.1) is 5.02 Å². The first-order valence-corrected chi connectivity index (χ1v) is 10.8. The Balaban J connectivity index is 1.47. The first-order chi connectivity index (χ1) is 13.4. The Morgan fingerprint density at radius 3 is 2.32 bits per heavy atom. The number of carbonyl (C=O) groups excluding carboxylic acids is 1. The lowest BCUT2D eigenvalue weighted by atomic mass is 10.2. The Morgan fingerprint density at radius 2 is 1.68 bits per heavy atom. The van der Waals surface area contributed by atoms with Gasteiger partial charge in [-0.3, -0.25) is 4.79 Å². The number of carbonyl (C=O) groups is 1. The van der Waals surface area contributed by atoms with Gasteiger partial charge in [0.15, 0.2) is 0 Å². The zero-order valence-electron chi connectivity index (χ0n) is 15.1. The van der Waals surface area contributed by atoms with E-state index in [-0.39, 0.29) is 34.6 Å². The molecular formula is C19H21ClFN3O3S. The van der Waals surface area contributed by atoms with Crippen molar-refractivity contribution in [3.63, 3.8) is 0 Å². The number of hydrogen-bond donors (Lipinski definition) is 1. The Labute approximate surface area is 168 Å². The minimum Gasteiger partial charge on any atom is -0.368 e. The van der Waals surface area contributed by atoms with E-state index in [4.69, 9.17) is 11.6 Å². The molecule has 3 rings (SSSR count). The Morgan fingerprint density at radius 1 is 1.04 bits per heavy atom. The van der Waals surface area contributed by atoms with Crippen LogP contribution in [0, 0.1) is 5.82 Å². The van der Waals surface area contributed by atoms with Gasteiger partial charge in [0, 0.05) is 44.8 Å². The summed E-state index contributed by atoms with van der Waals surface area (Å²) < 4.78 is 40.0. The van der Waals surface area contributed by atoms with E-state index in [2.05, 4.69) is 9.62 Å². The topological polar surface area (TPSA) is 69.7 Å². The number of hydrogen-bond acceptors (Lipinski definition) is 4. The smallest absolute Gasteiger partial charge is 0.242 e. The molecule has 1 aliphatic heterocycles. The molecule has 1 heterocycles. The van der Waals surface area contributed by atoms with Crippen LogP contribution < -0.4 is 9.62 Å². The van der Waals surface area contributed by atoms with E-state index < -0.39 is 10.0 Å². The molecule has 1 aliphatic rings. The summed E-state index contributed by atoms with van der Waals surface area (Å²) in [7, 11) is -3.76. The molecule has 1 N–H and O–H groups in total. The van der Waals surface area contributed by atoms with Crippen LogP contribution in [0.15, 0.2) is 53.4 Å². The molecule has 1 fully saturated rings.